The summed E-state index contributed by atoms with van der Waals surface area (Å²) in [5.74, 6) is 1.29. The van der Waals surface area contributed by atoms with Gasteiger partial charge in [0.05, 0.1) is 18.0 Å². The third kappa shape index (κ3) is 5.44. The summed E-state index contributed by atoms with van der Waals surface area (Å²) in [6.07, 6.45) is 0. The van der Waals surface area contributed by atoms with E-state index in [4.69, 9.17) is 16.3 Å². The average molecular weight is 415 g/mol. The van der Waals surface area contributed by atoms with Crippen molar-refractivity contribution >= 4 is 50.9 Å². The van der Waals surface area contributed by atoms with Crippen LogP contribution in [0.3, 0.4) is 0 Å². The highest BCUT2D eigenvalue weighted by Gasteiger charge is 2.16. The lowest BCUT2D eigenvalue weighted by molar-refractivity contribution is -0.115. The minimum Gasteiger partial charge on any atom is -0.495 e. The first-order valence-corrected chi connectivity index (χ1v) is 9.22. The number of ether oxygens (including phenoxy) is 1. The first-order chi connectivity index (χ1) is 11.0. The molecule has 0 heterocycles. The van der Waals surface area contributed by atoms with Crippen LogP contribution < -0.4 is 10.1 Å². The van der Waals surface area contributed by atoms with Crippen LogP contribution in [0.5, 0.6) is 5.75 Å². The van der Waals surface area contributed by atoms with Crippen molar-refractivity contribution in [2.45, 2.75) is 17.9 Å². The summed E-state index contributed by atoms with van der Waals surface area (Å²) in [7, 11) is 1.56. The Morgan fingerprint density at radius 1 is 1.30 bits per heavy atom. The number of thioether (sulfide) groups is 1. The number of carbonyl (C=O) groups is 1. The number of benzene rings is 2. The molecule has 0 fully saturated rings. The van der Waals surface area contributed by atoms with E-state index in [-0.39, 0.29) is 11.2 Å². The molecule has 6 heteroatoms. The van der Waals surface area contributed by atoms with Crippen LogP contribution >= 0.6 is 39.3 Å². The Morgan fingerprint density at radius 2 is 2.00 bits per heavy atom. The average Bonchev–Trinajstić information content (AvgIpc) is 2.54. The summed E-state index contributed by atoms with van der Waals surface area (Å²) in [6, 6.07) is 13.2. The van der Waals surface area contributed by atoms with Crippen molar-refractivity contribution < 1.29 is 9.53 Å². The predicted octanol–water partition coefficient (Wildman–Crippen LogP) is 5.37. The zero-order valence-corrected chi connectivity index (χ0v) is 16.0. The molecule has 23 heavy (non-hydrogen) atoms. The third-order valence-corrected chi connectivity index (χ3v) is 5.18. The third-order valence-electron chi connectivity index (χ3n) is 3.20. The van der Waals surface area contributed by atoms with Crippen molar-refractivity contribution in [3.63, 3.8) is 0 Å². The molecule has 0 saturated heterocycles. The van der Waals surface area contributed by atoms with Gasteiger partial charge in [-0.15, -0.1) is 11.8 Å². The molecule has 0 aromatic heterocycles. The standard InChI is InChI=1S/C17H17BrClNO2S/c1-11(23-10-12-3-5-13(18)6-4-12)17(21)20-15-9-14(19)7-8-16(15)22-2/h3-9,11H,10H2,1-2H3,(H,20,21)/t11-/m0/s1. The summed E-state index contributed by atoms with van der Waals surface area (Å²) >= 11 is 11.0. The van der Waals surface area contributed by atoms with E-state index in [9.17, 15) is 4.79 Å². The molecular formula is C17H17BrClNO2S. The maximum absolute atomic E-state index is 12.3. The van der Waals surface area contributed by atoms with E-state index in [1.807, 2.05) is 31.2 Å². The lowest BCUT2D eigenvalue weighted by atomic mass is 10.2. The zero-order chi connectivity index (χ0) is 16.8. The maximum Gasteiger partial charge on any atom is 0.237 e. The number of amides is 1. The minimum atomic E-state index is -0.192. The highest BCUT2D eigenvalue weighted by atomic mass is 79.9. The predicted molar refractivity (Wildman–Crippen MR) is 102 cm³/mol. The van der Waals surface area contributed by atoms with E-state index in [1.54, 1.807) is 37.1 Å². The monoisotopic (exact) mass is 413 g/mol. The van der Waals surface area contributed by atoms with Gasteiger partial charge in [0, 0.05) is 15.2 Å². The van der Waals surface area contributed by atoms with Crippen LogP contribution in [0.15, 0.2) is 46.9 Å². The van der Waals surface area contributed by atoms with Crippen LogP contribution in [0.1, 0.15) is 12.5 Å². The van der Waals surface area contributed by atoms with Gasteiger partial charge in [-0.25, -0.2) is 0 Å². The first kappa shape index (κ1) is 18.2. The quantitative estimate of drug-likeness (QED) is 0.690. The van der Waals surface area contributed by atoms with Gasteiger partial charge in [-0.2, -0.15) is 0 Å². The van der Waals surface area contributed by atoms with Crippen molar-refractivity contribution in [3.05, 3.63) is 57.5 Å². The van der Waals surface area contributed by atoms with E-state index in [1.165, 1.54) is 5.56 Å². The molecule has 0 aliphatic carbocycles. The van der Waals surface area contributed by atoms with Gasteiger partial charge in [-0.1, -0.05) is 39.7 Å². The van der Waals surface area contributed by atoms with Gasteiger partial charge < -0.3 is 10.1 Å². The summed E-state index contributed by atoms with van der Waals surface area (Å²) in [4.78, 5) is 12.3. The SMILES string of the molecule is COc1ccc(Cl)cc1NC(=O)[C@H](C)SCc1ccc(Br)cc1. The Labute approximate surface area is 153 Å². The number of halogens is 2. The number of nitrogens with one attached hydrogen (secondary N) is 1. The molecule has 1 amide bonds. The number of methoxy groups -OCH3 is 1. The van der Waals surface area contributed by atoms with Gasteiger partial charge in [0.1, 0.15) is 5.75 Å². The lowest BCUT2D eigenvalue weighted by Crippen LogP contribution is -2.22. The molecule has 0 aliphatic heterocycles. The summed E-state index contributed by atoms with van der Waals surface area (Å²) < 4.78 is 6.28. The van der Waals surface area contributed by atoms with Gasteiger partial charge in [0.25, 0.3) is 0 Å². The summed E-state index contributed by atoms with van der Waals surface area (Å²) in [6.45, 7) is 1.88. The van der Waals surface area contributed by atoms with Crippen molar-refractivity contribution in [1.29, 1.82) is 0 Å². The molecule has 2 rings (SSSR count). The van der Waals surface area contributed by atoms with Gasteiger partial charge in [-0.3, -0.25) is 4.79 Å². The van der Waals surface area contributed by atoms with E-state index in [0.717, 1.165) is 10.2 Å². The Morgan fingerprint density at radius 3 is 2.65 bits per heavy atom. The van der Waals surface area contributed by atoms with Crippen LogP contribution in [0.2, 0.25) is 5.02 Å². The molecule has 1 N–H and O–H groups in total. The fourth-order valence-corrected chi connectivity index (χ4v) is 3.17. The van der Waals surface area contributed by atoms with E-state index < -0.39 is 0 Å². The van der Waals surface area contributed by atoms with Crippen molar-refractivity contribution in [1.82, 2.24) is 0 Å². The second kappa shape index (κ2) is 8.62. The molecule has 1 atom stereocenters. The molecule has 122 valence electrons. The Bertz CT molecular complexity index is 679. The van der Waals surface area contributed by atoms with Crippen LogP contribution in [0, 0.1) is 0 Å². The van der Waals surface area contributed by atoms with Crippen molar-refractivity contribution in [2.24, 2.45) is 0 Å². The molecule has 0 aliphatic rings. The zero-order valence-electron chi connectivity index (χ0n) is 12.8. The Kier molecular flexibility index (Phi) is 6.81. The first-order valence-electron chi connectivity index (χ1n) is 7.00. The highest BCUT2D eigenvalue weighted by Crippen LogP contribution is 2.29. The van der Waals surface area contributed by atoms with Crippen LogP contribution in [0.4, 0.5) is 5.69 Å². The van der Waals surface area contributed by atoms with Crippen LogP contribution in [0.25, 0.3) is 0 Å². The fraction of sp³-hybridized carbons (Fsp3) is 0.235. The normalized spacial score (nSPS) is 11.8. The number of anilines is 1. The lowest BCUT2D eigenvalue weighted by Gasteiger charge is -2.14. The molecule has 3 nitrogen and oxygen atoms in total. The fourth-order valence-electron chi connectivity index (χ4n) is 1.89. The van der Waals surface area contributed by atoms with Crippen LogP contribution in [-0.4, -0.2) is 18.3 Å². The smallest absolute Gasteiger partial charge is 0.237 e. The number of hydrogen-bond donors (Lipinski definition) is 1. The van der Waals surface area contributed by atoms with E-state index >= 15 is 0 Å². The summed E-state index contributed by atoms with van der Waals surface area (Å²) in [5.41, 5.74) is 1.76. The molecule has 0 saturated carbocycles. The van der Waals surface area contributed by atoms with Gasteiger partial charge in [0.15, 0.2) is 0 Å². The molecule has 2 aromatic carbocycles. The van der Waals surface area contributed by atoms with Crippen molar-refractivity contribution in [2.75, 3.05) is 12.4 Å². The van der Waals surface area contributed by atoms with Crippen molar-refractivity contribution in [3.8, 4) is 5.75 Å². The minimum absolute atomic E-state index is 0.0762. The topological polar surface area (TPSA) is 38.3 Å². The molecular weight excluding hydrogens is 398 g/mol. The second-order valence-electron chi connectivity index (χ2n) is 4.91. The van der Waals surface area contributed by atoms with Gasteiger partial charge in [0.2, 0.25) is 5.91 Å². The molecule has 0 radical (unpaired) electrons. The molecule has 0 unspecified atom stereocenters. The van der Waals surface area contributed by atoms with E-state index in [2.05, 4.69) is 21.2 Å². The van der Waals surface area contributed by atoms with E-state index in [0.29, 0.717) is 16.5 Å². The summed E-state index contributed by atoms with van der Waals surface area (Å²) in [5, 5.41) is 3.23. The van der Waals surface area contributed by atoms with Crippen LogP contribution in [-0.2, 0) is 10.5 Å². The second-order valence-corrected chi connectivity index (χ2v) is 7.59. The Balaban J connectivity index is 1.94. The molecule has 0 spiro atoms. The van der Waals surface area contributed by atoms with Gasteiger partial charge in [-0.05, 0) is 42.8 Å². The van der Waals surface area contributed by atoms with Gasteiger partial charge >= 0.3 is 0 Å². The Hall–Kier alpha value is -1.17. The number of carbonyl (C=O) groups excluding carboxylic acids is 1. The largest absolute Gasteiger partial charge is 0.495 e. The molecule has 0 bridgehead atoms. The number of hydrogen-bond acceptors (Lipinski definition) is 3. The number of rotatable bonds is 6. The highest BCUT2D eigenvalue weighted by molar-refractivity contribution is 9.10. The maximum atomic E-state index is 12.3. The molecule has 2 aromatic rings.